The molecule has 2 rings (SSSR count). The summed E-state index contributed by atoms with van der Waals surface area (Å²) in [5.74, 6) is -1.12. The maximum Gasteiger partial charge on any atom is 0.358 e. The van der Waals surface area contributed by atoms with E-state index in [9.17, 15) is 9.90 Å². The average molecular weight is 247 g/mol. The fraction of sp³-hybridized carbons (Fsp3) is 0.250. The van der Waals surface area contributed by atoms with Gasteiger partial charge in [-0.25, -0.2) is 9.48 Å². The van der Waals surface area contributed by atoms with Crippen molar-refractivity contribution in [3.05, 3.63) is 47.3 Å². The SMILES string of the molecule is Cc1c(C(=O)O)nnn1CC(O)c1ccccc1. The van der Waals surface area contributed by atoms with E-state index in [4.69, 9.17) is 5.11 Å². The highest BCUT2D eigenvalue weighted by Crippen LogP contribution is 2.15. The van der Waals surface area contributed by atoms with Crippen LogP contribution in [0.2, 0.25) is 0 Å². The van der Waals surface area contributed by atoms with E-state index in [1.165, 1.54) is 4.68 Å². The molecule has 1 heterocycles. The molecule has 0 saturated heterocycles. The van der Waals surface area contributed by atoms with E-state index in [1.807, 2.05) is 18.2 Å². The van der Waals surface area contributed by atoms with Crippen molar-refractivity contribution in [3.63, 3.8) is 0 Å². The summed E-state index contributed by atoms with van der Waals surface area (Å²) in [5, 5.41) is 26.2. The van der Waals surface area contributed by atoms with Crippen LogP contribution in [0, 0.1) is 6.92 Å². The predicted molar refractivity (Wildman–Crippen MR) is 63.1 cm³/mol. The molecule has 1 aromatic heterocycles. The maximum absolute atomic E-state index is 10.8. The largest absolute Gasteiger partial charge is 0.476 e. The number of hydrogen-bond acceptors (Lipinski definition) is 4. The molecule has 6 heteroatoms. The zero-order valence-corrected chi connectivity index (χ0v) is 9.82. The van der Waals surface area contributed by atoms with Gasteiger partial charge in [0.1, 0.15) is 0 Å². The molecule has 0 radical (unpaired) electrons. The zero-order valence-electron chi connectivity index (χ0n) is 9.82. The smallest absolute Gasteiger partial charge is 0.358 e. The van der Waals surface area contributed by atoms with Gasteiger partial charge in [0.15, 0.2) is 5.69 Å². The first-order chi connectivity index (χ1) is 8.59. The molecule has 0 saturated carbocycles. The van der Waals surface area contributed by atoms with Crippen molar-refractivity contribution in [2.75, 3.05) is 0 Å². The van der Waals surface area contributed by atoms with Crippen LogP contribution in [0.1, 0.15) is 27.8 Å². The lowest BCUT2D eigenvalue weighted by molar-refractivity contribution is 0.0689. The molecular weight excluding hydrogens is 234 g/mol. The van der Waals surface area contributed by atoms with Crippen LogP contribution < -0.4 is 0 Å². The molecule has 6 nitrogen and oxygen atoms in total. The first-order valence-corrected chi connectivity index (χ1v) is 5.46. The van der Waals surface area contributed by atoms with Gasteiger partial charge in [-0.1, -0.05) is 35.5 Å². The summed E-state index contributed by atoms with van der Waals surface area (Å²) in [7, 11) is 0. The normalized spacial score (nSPS) is 12.3. The van der Waals surface area contributed by atoms with Gasteiger partial charge < -0.3 is 10.2 Å². The number of rotatable bonds is 4. The van der Waals surface area contributed by atoms with Crippen molar-refractivity contribution in [3.8, 4) is 0 Å². The second kappa shape index (κ2) is 4.97. The summed E-state index contributed by atoms with van der Waals surface area (Å²) in [6, 6.07) is 9.12. The van der Waals surface area contributed by atoms with Crippen LogP contribution in [0.5, 0.6) is 0 Å². The third kappa shape index (κ3) is 2.38. The van der Waals surface area contributed by atoms with Crippen LogP contribution in [0.15, 0.2) is 30.3 Å². The van der Waals surface area contributed by atoms with Gasteiger partial charge in [0.2, 0.25) is 0 Å². The molecule has 94 valence electrons. The minimum Gasteiger partial charge on any atom is -0.476 e. The second-order valence-corrected chi connectivity index (χ2v) is 3.94. The molecule has 2 N–H and O–H groups in total. The van der Waals surface area contributed by atoms with Crippen LogP contribution in [-0.2, 0) is 6.54 Å². The Labute approximate surface area is 103 Å². The first kappa shape index (κ1) is 12.3. The molecule has 18 heavy (non-hydrogen) atoms. The molecular formula is C12H13N3O3. The van der Waals surface area contributed by atoms with Gasteiger partial charge in [0.25, 0.3) is 0 Å². The molecule has 1 atom stereocenters. The molecule has 0 aliphatic carbocycles. The monoisotopic (exact) mass is 247 g/mol. The van der Waals surface area contributed by atoms with E-state index < -0.39 is 12.1 Å². The molecule has 0 spiro atoms. The number of aromatic carboxylic acids is 1. The van der Waals surface area contributed by atoms with Gasteiger partial charge in [0.05, 0.1) is 18.3 Å². The Kier molecular flexibility index (Phi) is 3.38. The molecule has 0 aliphatic heterocycles. The highest BCUT2D eigenvalue weighted by atomic mass is 16.4. The lowest BCUT2D eigenvalue weighted by atomic mass is 10.1. The number of aliphatic hydroxyl groups excluding tert-OH is 1. The van der Waals surface area contributed by atoms with Crippen LogP contribution in [-0.4, -0.2) is 31.2 Å². The highest BCUT2D eigenvalue weighted by Gasteiger charge is 2.17. The van der Waals surface area contributed by atoms with Crippen molar-refractivity contribution in [1.82, 2.24) is 15.0 Å². The Hall–Kier alpha value is -2.21. The number of hydrogen-bond donors (Lipinski definition) is 2. The average Bonchev–Trinajstić information content (AvgIpc) is 2.72. The number of carbonyl (C=O) groups is 1. The van der Waals surface area contributed by atoms with E-state index in [-0.39, 0.29) is 12.2 Å². The van der Waals surface area contributed by atoms with E-state index in [0.717, 1.165) is 5.56 Å². The molecule has 1 aromatic carbocycles. The van der Waals surface area contributed by atoms with Gasteiger partial charge in [-0.15, -0.1) is 5.10 Å². The van der Waals surface area contributed by atoms with E-state index in [2.05, 4.69) is 10.3 Å². The van der Waals surface area contributed by atoms with E-state index >= 15 is 0 Å². The molecule has 0 aliphatic rings. The Morgan fingerprint density at radius 1 is 1.39 bits per heavy atom. The minimum atomic E-state index is -1.12. The number of carboxylic acids is 1. The molecule has 2 aromatic rings. The molecule has 0 bridgehead atoms. The van der Waals surface area contributed by atoms with Crippen LogP contribution in [0.3, 0.4) is 0 Å². The predicted octanol–water partition coefficient (Wildman–Crippen LogP) is 1.02. The third-order valence-corrected chi connectivity index (χ3v) is 2.72. The van der Waals surface area contributed by atoms with Gasteiger partial charge >= 0.3 is 5.97 Å². The lowest BCUT2D eigenvalue weighted by Gasteiger charge is -2.11. The highest BCUT2D eigenvalue weighted by molar-refractivity contribution is 5.86. The van der Waals surface area contributed by atoms with E-state index in [0.29, 0.717) is 5.69 Å². The Bertz CT molecular complexity index is 551. The Morgan fingerprint density at radius 3 is 2.61 bits per heavy atom. The van der Waals surface area contributed by atoms with Gasteiger partial charge in [0, 0.05) is 0 Å². The first-order valence-electron chi connectivity index (χ1n) is 5.46. The summed E-state index contributed by atoms with van der Waals surface area (Å²) in [6.45, 7) is 1.79. The summed E-state index contributed by atoms with van der Waals surface area (Å²) in [5.41, 5.74) is 1.09. The fourth-order valence-electron chi connectivity index (χ4n) is 1.68. The van der Waals surface area contributed by atoms with Crippen molar-refractivity contribution in [1.29, 1.82) is 0 Å². The zero-order chi connectivity index (χ0) is 13.1. The quantitative estimate of drug-likeness (QED) is 0.842. The lowest BCUT2D eigenvalue weighted by Crippen LogP contribution is -2.12. The Balaban J connectivity index is 2.17. The molecule has 0 amide bonds. The van der Waals surface area contributed by atoms with Crippen molar-refractivity contribution < 1.29 is 15.0 Å². The van der Waals surface area contributed by atoms with Crippen molar-refractivity contribution in [2.45, 2.75) is 19.6 Å². The molecule has 1 unspecified atom stereocenters. The van der Waals surface area contributed by atoms with Crippen LogP contribution in [0.25, 0.3) is 0 Å². The van der Waals surface area contributed by atoms with Gasteiger partial charge in [-0.3, -0.25) is 0 Å². The standard InChI is InChI=1S/C12H13N3O3/c1-8-11(12(17)18)13-14-15(8)7-10(16)9-5-3-2-4-6-9/h2-6,10,16H,7H2,1H3,(H,17,18). The van der Waals surface area contributed by atoms with Crippen molar-refractivity contribution in [2.24, 2.45) is 0 Å². The summed E-state index contributed by atoms with van der Waals surface area (Å²) in [6.07, 6.45) is -0.742. The second-order valence-electron chi connectivity index (χ2n) is 3.94. The number of nitrogens with zero attached hydrogens (tertiary/aromatic N) is 3. The number of aliphatic hydroxyl groups is 1. The summed E-state index contributed by atoms with van der Waals surface area (Å²) < 4.78 is 1.39. The van der Waals surface area contributed by atoms with Gasteiger partial charge in [-0.2, -0.15) is 0 Å². The summed E-state index contributed by atoms with van der Waals surface area (Å²) in [4.78, 5) is 10.8. The summed E-state index contributed by atoms with van der Waals surface area (Å²) >= 11 is 0. The fourth-order valence-corrected chi connectivity index (χ4v) is 1.68. The third-order valence-electron chi connectivity index (χ3n) is 2.72. The van der Waals surface area contributed by atoms with Crippen LogP contribution in [0.4, 0.5) is 0 Å². The molecule has 0 fully saturated rings. The number of carboxylic acid groups (broad SMARTS) is 1. The number of aromatic nitrogens is 3. The van der Waals surface area contributed by atoms with E-state index in [1.54, 1.807) is 19.1 Å². The van der Waals surface area contributed by atoms with Gasteiger partial charge in [-0.05, 0) is 12.5 Å². The van der Waals surface area contributed by atoms with Crippen LogP contribution >= 0.6 is 0 Å². The Morgan fingerprint density at radius 2 is 2.06 bits per heavy atom. The topological polar surface area (TPSA) is 88.2 Å². The minimum absolute atomic E-state index is 0.0877. The maximum atomic E-state index is 10.8. The van der Waals surface area contributed by atoms with Crippen molar-refractivity contribution >= 4 is 5.97 Å². The number of benzene rings is 1.